The van der Waals surface area contributed by atoms with Crippen LogP contribution in [0.15, 0.2) is 10.7 Å². The minimum atomic E-state index is -0.545. The average molecular weight is 286 g/mol. The third kappa shape index (κ3) is 2.15. The summed E-state index contributed by atoms with van der Waals surface area (Å²) in [5.74, 6) is 0.743. The average Bonchev–Trinajstić information content (AvgIpc) is 2.22. The first-order valence-electron chi connectivity index (χ1n) is 5.39. The minimum absolute atomic E-state index is 0.544. The number of nitrogens with two attached hydrogens (primary N) is 1. The summed E-state index contributed by atoms with van der Waals surface area (Å²) in [5.41, 5.74) is 6.83. The second-order valence-electron chi connectivity index (χ2n) is 4.43. The van der Waals surface area contributed by atoms with Gasteiger partial charge in [-0.05, 0) is 47.7 Å². The molecule has 0 aliphatic heterocycles. The summed E-state index contributed by atoms with van der Waals surface area (Å²) in [6.45, 7) is 2.48. The first-order valence-corrected chi connectivity index (χ1v) is 6.18. The van der Waals surface area contributed by atoms with Crippen molar-refractivity contribution in [1.82, 2.24) is 4.98 Å². The van der Waals surface area contributed by atoms with Gasteiger partial charge in [0.05, 0.1) is 22.0 Å². The summed E-state index contributed by atoms with van der Waals surface area (Å²) < 4.78 is 0.871. The lowest BCUT2D eigenvalue weighted by atomic mass is 9.80. The number of aliphatic hydroxyl groups is 1. The Morgan fingerprint density at radius 3 is 2.88 bits per heavy atom. The molecule has 0 atom stereocenters. The summed E-state index contributed by atoms with van der Waals surface area (Å²) in [6, 6.07) is 0. The van der Waals surface area contributed by atoms with E-state index in [1.54, 1.807) is 6.20 Å². The van der Waals surface area contributed by atoms with Crippen molar-refractivity contribution in [2.45, 2.75) is 31.8 Å². The molecule has 0 unspecified atom stereocenters. The van der Waals surface area contributed by atoms with Gasteiger partial charge in [-0.15, -0.1) is 0 Å². The summed E-state index contributed by atoms with van der Waals surface area (Å²) >= 11 is 3.45. The normalized spacial score (nSPS) is 17.9. The van der Waals surface area contributed by atoms with Crippen molar-refractivity contribution in [2.24, 2.45) is 0 Å². The van der Waals surface area contributed by atoms with Crippen LogP contribution in [0, 0.1) is 6.92 Å². The molecule has 88 valence electrons. The molecule has 0 radical (unpaired) electrons. The number of rotatable bonds is 3. The van der Waals surface area contributed by atoms with Gasteiger partial charge in [-0.25, -0.2) is 4.98 Å². The van der Waals surface area contributed by atoms with Crippen LogP contribution >= 0.6 is 15.9 Å². The van der Waals surface area contributed by atoms with Crippen molar-refractivity contribution in [3.63, 3.8) is 0 Å². The van der Waals surface area contributed by atoms with Crippen LogP contribution in [-0.4, -0.2) is 22.2 Å². The number of hydrogen-bond acceptors (Lipinski definition) is 4. The lowest BCUT2D eigenvalue weighted by Crippen LogP contribution is -2.43. The molecule has 1 fully saturated rings. The molecule has 1 aromatic rings. The van der Waals surface area contributed by atoms with Crippen LogP contribution in [0.4, 0.5) is 11.5 Å². The fraction of sp³-hybridized carbons (Fsp3) is 0.545. The number of aromatic nitrogens is 1. The van der Waals surface area contributed by atoms with E-state index in [0.717, 1.165) is 35.1 Å². The Balaban J connectivity index is 2.07. The predicted molar refractivity (Wildman–Crippen MR) is 68.4 cm³/mol. The van der Waals surface area contributed by atoms with E-state index in [0.29, 0.717) is 12.2 Å². The zero-order valence-corrected chi connectivity index (χ0v) is 10.8. The number of nitrogen functional groups attached to an aromatic ring is 1. The van der Waals surface area contributed by atoms with E-state index in [2.05, 4.69) is 26.2 Å². The standard InChI is InChI=1S/C11H16BrN3O/c1-7-8(13)5-14-10(9(7)12)15-6-11(16)3-2-4-11/h5,16H,2-4,6,13H2,1H3,(H,14,15). The second-order valence-corrected chi connectivity index (χ2v) is 5.23. The fourth-order valence-electron chi connectivity index (χ4n) is 1.73. The Kier molecular flexibility index (Phi) is 3.08. The highest BCUT2D eigenvalue weighted by Crippen LogP contribution is 2.33. The van der Waals surface area contributed by atoms with Gasteiger partial charge < -0.3 is 16.2 Å². The van der Waals surface area contributed by atoms with Crippen LogP contribution in [0.5, 0.6) is 0 Å². The van der Waals surface area contributed by atoms with Crippen LogP contribution in [0.1, 0.15) is 24.8 Å². The Morgan fingerprint density at radius 1 is 1.62 bits per heavy atom. The van der Waals surface area contributed by atoms with Crippen molar-refractivity contribution in [3.8, 4) is 0 Å². The number of hydrogen-bond donors (Lipinski definition) is 3. The van der Waals surface area contributed by atoms with Gasteiger partial charge in [0.1, 0.15) is 5.82 Å². The minimum Gasteiger partial charge on any atom is -0.397 e. The summed E-state index contributed by atoms with van der Waals surface area (Å²) in [4.78, 5) is 4.21. The smallest absolute Gasteiger partial charge is 0.140 e. The lowest BCUT2D eigenvalue weighted by molar-refractivity contribution is -0.0202. The Hall–Kier alpha value is -0.810. The van der Waals surface area contributed by atoms with Crippen molar-refractivity contribution in [3.05, 3.63) is 16.2 Å². The van der Waals surface area contributed by atoms with Gasteiger partial charge in [0.2, 0.25) is 0 Å². The van der Waals surface area contributed by atoms with Crippen LogP contribution < -0.4 is 11.1 Å². The van der Waals surface area contributed by atoms with Crippen molar-refractivity contribution in [1.29, 1.82) is 0 Å². The van der Waals surface area contributed by atoms with Crippen molar-refractivity contribution < 1.29 is 5.11 Å². The number of pyridine rings is 1. The van der Waals surface area contributed by atoms with Gasteiger partial charge in [-0.2, -0.15) is 0 Å². The Morgan fingerprint density at radius 2 is 2.31 bits per heavy atom. The molecule has 4 nitrogen and oxygen atoms in total. The van der Waals surface area contributed by atoms with E-state index in [4.69, 9.17) is 5.73 Å². The molecule has 1 aliphatic carbocycles. The highest BCUT2D eigenvalue weighted by molar-refractivity contribution is 9.10. The van der Waals surface area contributed by atoms with Crippen LogP contribution in [0.25, 0.3) is 0 Å². The van der Waals surface area contributed by atoms with Gasteiger partial charge >= 0.3 is 0 Å². The molecular formula is C11H16BrN3O. The second kappa shape index (κ2) is 4.22. The maximum Gasteiger partial charge on any atom is 0.140 e. The summed E-state index contributed by atoms with van der Waals surface area (Å²) in [5, 5.41) is 13.1. The molecule has 1 aromatic heterocycles. The molecule has 0 spiro atoms. The zero-order valence-electron chi connectivity index (χ0n) is 9.26. The van der Waals surface area contributed by atoms with Crippen LogP contribution in [0.3, 0.4) is 0 Å². The molecule has 16 heavy (non-hydrogen) atoms. The third-order valence-electron chi connectivity index (χ3n) is 3.17. The SMILES string of the molecule is Cc1c(N)cnc(NCC2(O)CCC2)c1Br. The Labute approximate surface area is 103 Å². The monoisotopic (exact) mass is 285 g/mol. The highest BCUT2D eigenvalue weighted by Gasteiger charge is 2.34. The first kappa shape index (κ1) is 11.7. The van der Waals surface area contributed by atoms with Gasteiger partial charge in [-0.1, -0.05) is 0 Å². The molecule has 0 bridgehead atoms. The van der Waals surface area contributed by atoms with Gasteiger partial charge in [0.25, 0.3) is 0 Å². The molecule has 1 saturated carbocycles. The number of nitrogens with zero attached hydrogens (tertiary/aromatic N) is 1. The van der Waals surface area contributed by atoms with E-state index in [9.17, 15) is 5.11 Å². The van der Waals surface area contributed by atoms with E-state index in [-0.39, 0.29) is 0 Å². The summed E-state index contributed by atoms with van der Waals surface area (Å²) in [6.07, 6.45) is 4.47. The molecule has 1 aliphatic rings. The molecule has 0 amide bonds. The van der Waals surface area contributed by atoms with Crippen LogP contribution in [-0.2, 0) is 0 Å². The molecule has 0 aromatic carbocycles. The molecule has 5 heteroatoms. The largest absolute Gasteiger partial charge is 0.397 e. The van der Waals surface area contributed by atoms with Crippen LogP contribution in [0.2, 0.25) is 0 Å². The first-order chi connectivity index (χ1) is 7.52. The Bertz CT molecular complexity index is 404. The maximum atomic E-state index is 9.96. The lowest BCUT2D eigenvalue weighted by Gasteiger charge is -2.36. The third-order valence-corrected chi connectivity index (χ3v) is 4.14. The van der Waals surface area contributed by atoms with Gasteiger partial charge in [0.15, 0.2) is 0 Å². The van der Waals surface area contributed by atoms with E-state index < -0.39 is 5.60 Å². The van der Waals surface area contributed by atoms with E-state index >= 15 is 0 Å². The van der Waals surface area contributed by atoms with Crippen molar-refractivity contribution >= 4 is 27.4 Å². The highest BCUT2D eigenvalue weighted by atomic mass is 79.9. The summed E-state index contributed by atoms with van der Waals surface area (Å²) in [7, 11) is 0. The van der Waals surface area contributed by atoms with Crippen molar-refractivity contribution in [2.75, 3.05) is 17.6 Å². The molecule has 1 heterocycles. The quantitative estimate of drug-likeness (QED) is 0.795. The van der Waals surface area contributed by atoms with Gasteiger partial charge in [-0.3, -0.25) is 0 Å². The molecular weight excluding hydrogens is 270 g/mol. The maximum absolute atomic E-state index is 9.96. The van der Waals surface area contributed by atoms with Gasteiger partial charge in [0, 0.05) is 6.54 Å². The van der Waals surface area contributed by atoms with E-state index in [1.165, 1.54) is 0 Å². The predicted octanol–water partition coefficient (Wildman–Crippen LogP) is 2.06. The molecule has 4 N–H and O–H groups in total. The zero-order chi connectivity index (χ0) is 11.8. The molecule has 2 rings (SSSR count). The topological polar surface area (TPSA) is 71.2 Å². The number of nitrogens with one attached hydrogen (secondary N) is 1. The number of halogens is 1. The number of anilines is 2. The van der Waals surface area contributed by atoms with E-state index in [1.807, 2.05) is 6.92 Å². The molecule has 0 saturated heterocycles. The fourth-order valence-corrected chi connectivity index (χ4v) is 2.20.